The molecule has 17 heavy (non-hydrogen) atoms. The number of hydrogen-bond acceptors (Lipinski definition) is 2. The van der Waals surface area contributed by atoms with Crippen molar-refractivity contribution in [1.29, 1.82) is 0 Å². The van der Waals surface area contributed by atoms with E-state index in [0.717, 1.165) is 16.6 Å². The Kier molecular flexibility index (Phi) is 4.18. The third-order valence-corrected chi connectivity index (χ3v) is 4.20. The van der Waals surface area contributed by atoms with Gasteiger partial charge in [0, 0.05) is 15.0 Å². The van der Waals surface area contributed by atoms with Crippen LogP contribution in [0.25, 0.3) is 0 Å². The van der Waals surface area contributed by atoms with Crippen molar-refractivity contribution in [3.05, 3.63) is 50.9 Å². The van der Waals surface area contributed by atoms with Gasteiger partial charge in [-0.3, -0.25) is 0 Å². The van der Waals surface area contributed by atoms with Crippen LogP contribution >= 0.6 is 27.3 Å². The summed E-state index contributed by atoms with van der Waals surface area (Å²) < 4.78 is 13.7. The maximum absolute atomic E-state index is 13.0. The average Bonchev–Trinajstić information content (AvgIpc) is 2.81. The van der Waals surface area contributed by atoms with Crippen LogP contribution in [0.15, 0.2) is 40.2 Å². The molecule has 1 aromatic heterocycles. The minimum Gasteiger partial charge on any atom is -0.377 e. The van der Waals surface area contributed by atoms with Crippen molar-refractivity contribution in [2.45, 2.75) is 19.4 Å². The van der Waals surface area contributed by atoms with Crippen molar-refractivity contribution in [3.63, 3.8) is 0 Å². The fourth-order valence-corrected chi connectivity index (χ4v) is 2.98. The molecular weight excluding hydrogens is 301 g/mol. The van der Waals surface area contributed by atoms with E-state index in [1.54, 1.807) is 17.4 Å². The summed E-state index contributed by atoms with van der Waals surface area (Å²) in [7, 11) is 0. The van der Waals surface area contributed by atoms with Crippen LogP contribution in [0, 0.1) is 5.82 Å². The van der Waals surface area contributed by atoms with Crippen LogP contribution in [0.1, 0.15) is 24.3 Å². The first-order chi connectivity index (χ1) is 8.20. The molecule has 0 spiro atoms. The molecule has 1 unspecified atom stereocenters. The van der Waals surface area contributed by atoms with Crippen molar-refractivity contribution in [3.8, 4) is 0 Å². The van der Waals surface area contributed by atoms with Gasteiger partial charge in [-0.05, 0) is 52.0 Å². The molecule has 1 heterocycles. The van der Waals surface area contributed by atoms with Gasteiger partial charge in [-0.1, -0.05) is 13.0 Å². The van der Waals surface area contributed by atoms with Crippen LogP contribution in [-0.2, 0) is 0 Å². The molecule has 4 heteroatoms. The van der Waals surface area contributed by atoms with Crippen molar-refractivity contribution < 1.29 is 4.39 Å². The number of nitrogens with one attached hydrogen (secondary N) is 1. The van der Waals surface area contributed by atoms with Crippen LogP contribution in [0.5, 0.6) is 0 Å². The Morgan fingerprint density at radius 1 is 1.41 bits per heavy atom. The second kappa shape index (κ2) is 5.65. The molecule has 0 radical (unpaired) electrons. The highest BCUT2D eigenvalue weighted by molar-refractivity contribution is 9.10. The van der Waals surface area contributed by atoms with Crippen LogP contribution in [0.3, 0.4) is 0 Å². The lowest BCUT2D eigenvalue weighted by Gasteiger charge is -2.18. The van der Waals surface area contributed by atoms with E-state index in [1.807, 2.05) is 6.07 Å². The van der Waals surface area contributed by atoms with E-state index in [-0.39, 0.29) is 11.9 Å². The standard InChI is InChI=1S/C13H13BrFNS/c1-2-11(13-4-3-7-17-13)16-12-6-5-9(15)8-10(12)14/h3-8,11,16H,2H2,1H3. The lowest BCUT2D eigenvalue weighted by atomic mass is 10.1. The number of halogens is 2. The largest absolute Gasteiger partial charge is 0.377 e. The normalized spacial score (nSPS) is 12.4. The monoisotopic (exact) mass is 313 g/mol. The summed E-state index contributed by atoms with van der Waals surface area (Å²) in [5.41, 5.74) is 0.923. The lowest BCUT2D eigenvalue weighted by molar-refractivity contribution is 0.627. The molecule has 0 fully saturated rings. The molecule has 0 saturated carbocycles. The average molecular weight is 314 g/mol. The highest BCUT2D eigenvalue weighted by Crippen LogP contribution is 2.30. The number of thiophene rings is 1. The first-order valence-electron chi connectivity index (χ1n) is 5.45. The number of anilines is 1. The first kappa shape index (κ1) is 12.6. The summed E-state index contributed by atoms with van der Waals surface area (Å²) in [5.74, 6) is -0.230. The van der Waals surface area contributed by atoms with Gasteiger partial charge in [-0.15, -0.1) is 11.3 Å². The predicted molar refractivity (Wildman–Crippen MR) is 75.1 cm³/mol. The van der Waals surface area contributed by atoms with E-state index < -0.39 is 0 Å². The van der Waals surface area contributed by atoms with Gasteiger partial charge in [-0.2, -0.15) is 0 Å². The highest BCUT2D eigenvalue weighted by atomic mass is 79.9. The zero-order valence-electron chi connectivity index (χ0n) is 9.41. The molecule has 0 aliphatic carbocycles. The molecule has 2 rings (SSSR count). The van der Waals surface area contributed by atoms with Crippen molar-refractivity contribution in [2.75, 3.05) is 5.32 Å². The maximum atomic E-state index is 13.0. The molecule has 1 aromatic carbocycles. The van der Waals surface area contributed by atoms with E-state index in [9.17, 15) is 4.39 Å². The zero-order chi connectivity index (χ0) is 12.3. The summed E-state index contributed by atoms with van der Waals surface area (Å²) in [6, 6.07) is 9.14. The molecule has 0 aliphatic rings. The van der Waals surface area contributed by atoms with E-state index in [2.05, 4.69) is 39.6 Å². The van der Waals surface area contributed by atoms with Crippen LogP contribution in [-0.4, -0.2) is 0 Å². The Hall–Kier alpha value is -0.870. The highest BCUT2D eigenvalue weighted by Gasteiger charge is 2.11. The molecule has 0 saturated heterocycles. The fourth-order valence-electron chi connectivity index (χ4n) is 1.66. The van der Waals surface area contributed by atoms with Gasteiger partial charge in [0.2, 0.25) is 0 Å². The SMILES string of the molecule is CCC(Nc1ccc(F)cc1Br)c1cccs1. The smallest absolute Gasteiger partial charge is 0.124 e. The van der Waals surface area contributed by atoms with Crippen LogP contribution in [0.2, 0.25) is 0 Å². The van der Waals surface area contributed by atoms with Gasteiger partial charge in [0.15, 0.2) is 0 Å². The Morgan fingerprint density at radius 3 is 2.82 bits per heavy atom. The summed E-state index contributed by atoms with van der Waals surface area (Å²) in [5, 5.41) is 5.49. The molecule has 90 valence electrons. The van der Waals surface area contributed by atoms with E-state index >= 15 is 0 Å². The second-order valence-electron chi connectivity index (χ2n) is 3.74. The Balaban J connectivity index is 2.19. The zero-order valence-corrected chi connectivity index (χ0v) is 11.8. The fraction of sp³-hybridized carbons (Fsp3) is 0.231. The Morgan fingerprint density at radius 2 is 2.24 bits per heavy atom. The Labute approximate surface area is 113 Å². The molecular formula is C13H13BrFNS. The van der Waals surface area contributed by atoms with Crippen molar-refractivity contribution >= 4 is 33.0 Å². The molecule has 1 nitrogen and oxygen atoms in total. The molecule has 2 aromatic rings. The minimum atomic E-state index is -0.230. The van der Waals surface area contributed by atoms with E-state index in [1.165, 1.54) is 17.0 Å². The summed E-state index contributed by atoms with van der Waals surface area (Å²) in [6.45, 7) is 2.13. The van der Waals surface area contributed by atoms with Crippen molar-refractivity contribution in [2.24, 2.45) is 0 Å². The number of rotatable bonds is 4. The van der Waals surface area contributed by atoms with Gasteiger partial charge in [0.05, 0.1) is 6.04 Å². The van der Waals surface area contributed by atoms with Crippen LogP contribution < -0.4 is 5.32 Å². The summed E-state index contributed by atoms with van der Waals surface area (Å²) in [4.78, 5) is 1.30. The van der Waals surface area contributed by atoms with E-state index in [0.29, 0.717) is 0 Å². The maximum Gasteiger partial charge on any atom is 0.124 e. The van der Waals surface area contributed by atoms with Gasteiger partial charge in [-0.25, -0.2) is 4.39 Å². The summed E-state index contributed by atoms with van der Waals surface area (Å²) in [6.07, 6.45) is 0.990. The van der Waals surface area contributed by atoms with Gasteiger partial charge in [0.25, 0.3) is 0 Å². The third kappa shape index (κ3) is 3.07. The second-order valence-corrected chi connectivity index (χ2v) is 5.58. The van der Waals surface area contributed by atoms with Gasteiger partial charge >= 0.3 is 0 Å². The molecule has 0 bridgehead atoms. The quantitative estimate of drug-likeness (QED) is 0.816. The molecule has 0 amide bonds. The third-order valence-electron chi connectivity index (χ3n) is 2.56. The topological polar surface area (TPSA) is 12.0 Å². The lowest BCUT2D eigenvalue weighted by Crippen LogP contribution is -2.08. The van der Waals surface area contributed by atoms with Gasteiger partial charge < -0.3 is 5.32 Å². The predicted octanol–water partition coefficient (Wildman–Crippen LogP) is 5.21. The number of benzene rings is 1. The summed E-state index contributed by atoms with van der Waals surface area (Å²) >= 11 is 5.10. The Bertz CT molecular complexity index is 484. The molecule has 1 atom stereocenters. The molecule has 0 aliphatic heterocycles. The minimum absolute atomic E-state index is 0.230. The van der Waals surface area contributed by atoms with Crippen molar-refractivity contribution in [1.82, 2.24) is 0 Å². The first-order valence-corrected chi connectivity index (χ1v) is 7.13. The van der Waals surface area contributed by atoms with E-state index in [4.69, 9.17) is 0 Å². The van der Waals surface area contributed by atoms with Gasteiger partial charge in [0.1, 0.15) is 5.82 Å². The van der Waals surface area contributed by atoms with Crippen LogP contribution in [0.4, 0.5) is 10.1 Å². The number of hydrogen-bond donors (Lipinski definition) is 1. The molecule has 1 N–H and O–H groups in total.